The van der Waals surface area contributed by atoms with E-state index in [2.05, 4.69) is 19.2 Å². The molecule has 1 unspecified atom stereocenters. The number of amides is 1. The lowest BCUT2D eigenvalue weighted by Crippen LogP contribution is -2.51. The maximum absolute atomic E-state index is 12.6. The molecule has 1 aliphatic rings. The second-order valence-corrected chi connectivity index (χ2v) is 7.47. The lowest BCUT2D eigenvalue weighted by Gasteiger charge is -2.37. The number of cyclic esters (lactones) is 1. The van der Waals surface area contributed by atoms with Crippen molar-refractivity contribution in [3.8, 4) is 0 Å². The third-order valence-electron chi connectivity index (χ3n) is 5.19. The molecule has 5 heteroatoms. The van der Waals surface area contributed by atoms with Crippen LogP contribution in [-0.4, -0.2) is 35.9 Å². The molecule has 1 amide bonds. The Morgan fingerprint density at radius 3 is 2.43 bits per heavy atom. The number of nitrogens with one attached hydrogen (secondary N) is 1. The number of anilines is 1. The number of esters is 1. The van der Waals surface area contributed by atoms with Crippen LogP contribution in [0.2, 0.25) is 0 Å². The highest BCUT2D eigenvalue weighted by Gasteiger charge is 2.37. The molecule has 1 fully saturated rings. The molecule has 0 aromatic heterocycles. The van der Waals surface area contributed by atoms with Gasteiger partial charge >= 0.3 is 5.97 Å². The van der Waals surface area contributed by atoms with E-state index in [0.717, 1.165) is 11.3 Å². The molecule has 148 valence electrons. The summed E-state index contributed by atoms with van der Waals surface area (Å²) >= 11 is 0. The molecule has 2 aromatic carbocycles. The number of rotatable bonds is 6. The number of ether oxygens (including phenoxy) is 1. The molecule has 0 spiro atoms. The van der Waals surface area contributed by atoms with Crippen molar-refractivity contribution in [1.82, 2.24) is 4.90 Å². The molecule has 3 rings (SSSR count). The molecular weight excluding hydrogens is 352 g/mol. The van der Waals surface area contributed by atoms with Crippen LogP contribution in [0.4, 0.5) is 5.69 Å². The largest absolute Gasteiger partial charge is 0.455 e. The van der Waals surface area contributed by atoms with E-state index in [1.165, 1.54) is 5.56 Å². The minimum atomic E-state index is -0.556. The zero-order valence-electron chi connectivity index (χ0n) is 16.7. The van der Waals surface area contributed by atoms with Crippen LogP contribution in [-0.2, 0) is 14.3 Å². The first-order chi connectivity index (χ1) is 13.5. The van der Waals surface area contributed by atoms with Crippen molar-refractivity contribution in [1.29, 1.82) is 0 Å². The van der Waals surface area contributed by atoms with Gasteiger partial charge in [-0.1, -0.05) is 63.2 Å². The summed E-state index contributed by atoms with van der Waals surface area (Å²) in [4.78, 5) is 27.1. The Hall–Kier alpha value is -2.66. The van der Waals surface area contributed by atoms with Crippen molar-refractivity contribution in [3.63, 3.8) is 0 Å². The summed E-state index contributed by atoms with van der Waals surface area (Å²) in [5, 5.41) is 2.89. The average Bonchev–Trinajstić information content (AvgIpc) is 2.70. The quantitative estimate of drug-likeness (QED) is 0.766. The van der Waals surface area contributed by atoms with Gasteiger partial charge in [-0.25, -0.2) is 0 Å². The lowest BCUT2D eigenvalue weighted by molar-refractivity contribution is -0.168. The number of hydrogen-bond acceptors (Lipinski definition) is 4. The number of carbonyl (C=O) groups is 2. The van der Waals surface area contributed by atoms with Gasteiger partial charge in [0.15, 0.2) is 0 Å². The Morgan fingerprint density at radius 2 is 1.82 bits per heavy atom. The van der Waals surface area contributed by atoms with Crippen LogP contribution in [0.5, 0.6) is 0 Å². The Labute approximate surface area is 166 Å². The first kappa shape index (κ1) is 20.1. The topological polar surface area (TPSA) is 58.6 Å². The van der Waals surface area contributed by atoms with Crippen molar-refractivity contribution in [2.45, 2.75) is 45.3 Å². The fraction of sp³-hybridized carbons (Fsp3) is 0.391. The minimum absolute atomic E-state index is 0.0834. The zero-order chi connectivity index (χ0) is 20.1. The van der Waals surface area contributed by atoms with Gasteiger partial charge in [-0.2, -0.15) is 0 Å². The summed E-state index contributed by atoms with van der Waals surface area (Å²) in [7, 11) is 0. The van der Waals surface area contributed by atoms with Crippen LogP contribution >= 0.6 is 0 Å². The van der Waals surface area contributed by atoms with Crippen LogP contribution in [0.3, 0.4) is 0 Å². The van der Waals surface area contributed by atoms with E-state index in [1.54, 1.807) is 0 Å². The molecule has 2 aromatic rings. The molecule has 28 heavy (non-hydrogen) atoms. The van der Waals surface area contributed by atoms with Crippen molar-refractivity contribution in [2.24, 2.45) is 0 Å². The molecule has 5 nitrogen and oxygen atoms in total. The van der Waals surface area contributed by atoms with E-state index in [9.17, 15) is 9.59 Å². The first-order valence-electron chi connectivity index (χ1n) is 9.87. The zero-order valence-corrected chi connectivity index (χ0v) is 16.7. The molecule has 0 bridgehead atoms. The lowest BCUT2D eigenvalue weighted by atomic mass is 10.0. The van der Waals surface area contributed by atoms with Gasteiger partial charge in [-0.3, -0.25) is 14.5 Å². The third kappa shape index (κ3) is 4.78. The van der Waals surface area contributed by atoms with Gasteiger partial charge in [0.2, 0.25) is 5.91 Å². The fourth-order valence-electron chi connectivity index (χ4n) is 3.49. The third-order valence-corrected chi connectivity index (χ3v) is 5.19. The SMILES string of the molecule is CCN1C[C@H](c2ccccc2)OC(=O)C1CC(=O)Nc1ccc(C(C)C)cc1. The highest BCUT2D eigenvalue weighted by Crippen LogP contribution is 2.27. The van der Waals surface area contributed by atoms with Crippen molar-refractivity contribution in [2.75, 3.05) is 18.4 Å². The van der Waals surface area contributed by atoms with Gasteiger partial charge in [0.05, 0.1) is 6.42 Å². The Balaban J connectivity index is 1.62. The van der Waals surface area contributed by atoms with Crippen LogP contribution in [0.15, 0.2) is 54.6 Å². The summed E-state index contributed by atoms with van der Waals surface area (Å²) in [6, 6.07) is 17.0. The average molecular weight is 380 g/mol. The summed E-state index contributed by atoms with van der Waals surface area (Å²) in [6.45, 7) is 7.53. The Bertz CT molecular complexity index is 802. The maximum Gasteiger partial charge on any atom is 0.324 e. The van der Waals surface area contributed by atoms with Crippen LogP contribution in [0.25, 0.3) is 0 Å². The summed E-state index contributed by atoms with van der Waals surface area (Å²) in [5.41, 5.74) is 2.93. The number of nitrogens with zero attached hydrogens (tertiary/aromatic N) is 1. The molecule has 1 saturated heterocycles. The number of carbonyl (C=O) groups excluding carboxylic acids is 2. The highest BCUT2D eigenvalue weighted by atomic mass is 16.5. The second kappa shape index (κ2) is 9.02. The van der Waals surface area contributed by atoms with Gasteiger partial charge in [0.25, 0.3) is 0 Å². The molecule has 0 radical (unpaired) electrons. The van der Waals surface area contributed by atoms with Crippen LogP contribution in [0, 0.1) is 0 Å². The predicted octanol–water partition coefficient (Wildman–Crippen LogP) is 4.13. The van der Waals surface area contributed by atoms with Gasteiger partial charge in [-0.15, -0.1) is 0 Å². The normalized spacial score (nSPS) is 20.1. The molecule has 1 heterocycles. The van der Waals surface area contributed by atoms with Crippen molar-refractivity contribution >= 4 is 17.6 Å². The van der Waals surface area contributed by atoms with Gasteiger partial charge in [-0.05, 0) is 35.7 Å². The van der Waals surface area contributed by atoms with Crippen molar-refractivity contribution in [3.05, 3.63) is 65.7 Å². The van der Waals surface area contributed by atoms with Gasteiger partial charge < -0.3 is 10.1 Å². The standard InChI is InChI=1S/C23H28N2O3/c1-4-25-15-21(18-8-6-5-7-9-18)28-23(27)20(25)14-22(26)24-19-12-10-17(11-13-19)16(2)3/h5-13,16,20-21H,4,14-15H2,1-3H3,(H,24,26)/t20?,21-/m1/s1. The fourth-order valence-corrected chi connectivity index (χ4v) is 3.49. The van der Waals surface area contributed by atoms with Gasteiger partial charge in [0, 0.05) is 12.2 Å². The summed E-state index contributed by atoms with van der Waals surface area (Å²) in [6.07, 6.45) is -0.211. The summed E-state index contributed by atoms with van der Waals surface area (Å²) in [5.74, 6) is -0.0828. The van der Waals surface area contributed by atoms with Gasteiger partial charge in [0.1, 0.15) is 12.1 Å². The van der Waals surface area contributed by atoms with Crippen LogP contribution < -0.4 is 5.32 Å². The van der Waals surface area contributed by atoms with E-state index in [1.807, 2.05) is 66.4 Å². The highest BCUT2D eigenvalue weighted by molar-refractivity contribution is 5.94. The number of benzene rings is 2. The van der Waals surface area contributed by atoms with E-state index in [0.29, 0.717) is 19.0 Å². The predicted molar refractivity (Wildman–Crippen MR) is 110 cm³/mol. The van der Waals surface area contributed by atoms with E-state index in [4.69, 9.17) is 4.74 Å². The van der Waals surface area contributed by atoms with E-state index >= 15 is 0 Å². The van der Waals surface area contributed by atoms with E-state index in [-0.39, 0.29) is 24.4 Å². The van der Waals surface area contributed by atoms with E-state index < -0.39 is 6.04 Å². The molecule has 1 aliphatic heterocycles. The molecule has 2 atom stereocenters. The molecule has 1 N–H and O–H groups in total. The second-order valence-electron chi connectivity index (χ2n) is 7.47. The monoisotopic (exact) mass is 380 g/mol. The minimum Gasteiger partial charge on any atom is -0.455 e. The van der Waals surface area contributed by atoms with Crippen molar-refractivity contribution < 1.29 is 14.3 Å². The first-order valence-corrected chi connectivity index (χ1v) is 9.87. The van der Waals surface area contributed by atoms with Crippen LogP contribution in [0.1, 0.15) is 50.3 Å². The smallest absolute Gasteiger partial charge is 0.324 e. The maximum atomic E-state index is 12.6. The Kier molecular flexibility index (Phi) is 6.47. The number of likely N-dealkylation sites (N-methyl/N-ethyl adjacent to an activating group) is 1. The summed E-state index contributed by atoms with van der Waals surface area (Å²) < 4.78 is 5.65. The number of hydrogen-bond donors (Lipinski definition) is 1. The molecule has 0 aliphatic carbocycles. The molecular formula is C23H28N2O3. The number of morpholine rings is 1. The molecule has 0 saturated carbocycles. The Morgan fingerprint density at radius 1 is 1.14 bits per heavy atom.